The quantitative estimate of drug-likeness (QED) is 0.737. The summed E-state index contributed by atoms with van der Waals surface area (Å²) in [6.07, 6.45) is 5.61. The molecule has 104 valence electrons. The Bertz CT molecular complexity index is 835. The lowest BCUT2D eigenvalue weighted by Gasteiger charge is -2.14. The largest absolute Gasteiger partial charge is 0.323 e. The predicted molar refractivity (Wildman–Crippen MR) is 76.6 cm³/mol. The predicted octanol–water partition coefficient (Wildman–Crippen LogP) is 2.44. The summed E-state index contributed by atoms with van der Waals surface area (Å²) in [5.74, 6) is 0.980. The maximum atomic E-state index is 9.05. The van der Waals surface area contributed by atoms with E-state index in [0.29, 0.717) is 11.6 Å². The van der Waals surface area contributed by atoms with Gasteiger partial charge in [0.25, 0.3) is 0 Å². The van der Waals surface area contributed by atoms with Crippen molar-refractivity contribution < 1.29 is 0 Å². The zero-order valence-electron chi connectivity index (χ0n) is 11.6. The van der Waals surface area contributed by atoms with Gasteiger partial charge in [-0.05, 0) is 38.0 Å². The van der Waals surface area contributed by atoms with Crippen LogP contribution in [0.2, 0.25) is 0 Å². The van der Waals surface area contributed by atoms with E-state index in [1.54, 1.807) is 6.33 Å². The zero-order valence-corrected chi connectivity index (χ0v) is 11.6. The number of hydrogen-bond acceptors (Lipinski definition) is 4. The average Bonchev–Trinajstić information content (AvgIpc) is 3.06. The minimum Gasteiger partial charge on any atom is -0.323 e. The summed E-state index contributed by atoms with van der Waals surface area (Å²) in [5, 5.41) is 13.3. The number of nitriles is 1. The third-order valence-electron chi connectivity index (χ3n) is 3.96. The zero-order chi connectivity index (χ0) is 14.4. The van der Waals surface area contributed by atoms with Gasteiger partial charge in [0.15, 0.2) is 0 Å². The van der Waals surface area contributed by atoms with Crippen molar-refractivity contribution in [2.24, 2.45) is 0 Å². The van der Waals surface area contributed by atoms with Gasteiger partial charge in [0.2, 0.25) is 0 Å². The third kappa shape index (κ3) is 1.89. The second kappa shape index (κ2) is 4.42. The first-order valence-corrected chi connectivity index (χ1v) is 7.04. The van der Waals surface area contributed by atoms with E-state index in [4.69, 9.17) is 10.2 Å². The lowest BCUT2D eigenvalue weighted by atomic mass is 10.2. The summed E-state index contributed by atoms with van der Waals surface area (Å²) >= 11 is 0. The molecule has 1 atom stereocenters. The number of aromatic nitrogens is 5. The highest BCUT2D eigenvalue weighted by Crippen LogP contribution is 2.40. The number of nitrogens with zero attached hydrogens (tertiary/aromatic N) is 6. The molecule has 3 aromatic rings. The summed E-state index contributed by atoms with van der Waals surface area (Å²) in [6.45, 7) is 2.07. The van der Waals surface area contributed by atoms with Gasteiger partial charge < -0.3 is 4.57 Å². The fourth-order valence-corrected chi connectivity index (χ4v) is 2.73. The van der Waals surface area contributed by atoms with Crippen LogP contribution in [0.1, 0.15) is 43.2 Å². The van der Waals surface area contributed by atoms with Crippen LogP contribution in [0.4, 0.5) is 0 Å². The second-order valence-corrected chi connectivity index (χ2v) is 5.44. The SMILES string of the molecule is CC(c1nc2cc(C#N)ccc2n1C1CC1)n1cncn1. The molecule has 1 saturated carbocycles. The van der Waals surface area contributed by atoms with Gasteiger partial charge in [-0.2, -0.15) is 10.4 Å². The number of imidazole rings is 1. The van der Waals surface area contributed by atoms with Crippen LogP contribution in [-0.4, -0.2) is 24.3 Å². The molecule has 21 heavy (non-hydrogen) atoms. The standard InChI is InChI=1S/C15H14N6/c1-10(20-9-17-8-18-20)15-19-13-6-11(7-16)2-5-14(13)21(15)12-3-4-12/h2,5-6,8-10,12H,3-4H2,1H3. The molecule has 0 radical (unpaired) electrons. The number of fused-ring (bicyclic) bond motifs is 1. The highest BCUT2D eigenvalue weighted by Gasteiger charge is 2.30. The average molecular weight is 278 g/mol. The van der Waals surface area contributed by atoms with E-state index in [1.807, 2.05) is 22.9 Å². The number of hydrogen-bond donors (Lipinski definition) is 0. The van der Waals surface area contributed by atoms with Crippen LogP contribution in [0.15, 0.2) is 30.9 Å². The molecular formula is C15H14N6. The Balaban J connectivity index is 1.91. The fraction of sp³-hybridized carbons (Fsp3) is 0.333. The Morgan fingerprint density at radius 2 is 2.24 bits per heavy atom. The maximum absolute atomic E-state index is 9.05. The van der Waals surface area contributed by atoms with Crippen LogP contribution in [-0.2, 0) is 0 Å². The van der Waals surface area contributed by atoms with E-state index < -0.39 is 0 Å². The van der Waals surface area contributed by atoms with Gasteiger partial charge in [0.1, 0.15) is 24.5 Å². The molecular weight excluding hydrogens is 264 g/mol. The molecule has 0 saturated heterocycles. The van der Waals surface area contributed by atoms with E-state index in [1.165, 1.54) is 19.2 Å². The van der Waals surface area contributed by atoms with Crippen molar-refractivity contribution in [2.45, 2.75) is 31.8 Å². The Morgan fingerprint density at radius 1 is 1.38 bits per heavy atom. The minimum absolute atomic E-state index is 0.0195. The molecule has 0 spiro atoms. The summed E-state index contributed by atoms with van der Waals surface area (Å²) in [5.41, 5.74) is 2.62. The summed E-state index contributed by atoms with van der Waals surface area (Å²) in [7, 11) is 0. The van der Waals surface area contributed by atoms with Crippen LogP contribution in [0, 0.1) is 11.3 Å². The number of benzene rings is 1. The molecule has 1 aliphatic rings. The number of rotatable bonds is 3. The Kier molecular flexibility index (Phi) is 2.54. The molecule has 2 heterocycles. The molecule has 0 amide bonds. The van der Waals surface area contributed by atoms with Gasteiger partial charge in [-0.15, -0.1) is 0 Å². The van der Waals surface area contributed by atoms with Crippen LogP contribution in [0.25, 0.3) is 11.0 Å². The highest BCUT2D eigenvalue weighted by atomic mass is 15.3. The normalized spacial score (nSPS) is 16.0. The minimum atomic E-state index is 0.0195. The van der Waals surface area contributed by atoms with Gasteiger partial charge in [-0.1, -0.05) is 0 Å². The van der Waals surface area contributed by atoms with E-state index in [2.05, 4.69) is 27.6 Å². The molecule has 0 bridgehead atoms. The lowest BCUT2D eigenvalue weighted by Crippen LogP contribution is -2.13. The molecule has 6 heteroatoms. The van der Waals surface area contributed by atoms with Crippen molar-refractivity contribution in [3.05, 3.63) is 42.2 Å². The second-order valence-electron chi connectivity index (χ2n) is 5.44. The molecule has 1 unspecified atom stereocenters. The van der Waals surface area contributed by atoms with Crippen LogP contribution >= 0.6 is 0 Å². The van der Waals surface area contributed by atoms with Crippen molar-refractivity contribution in [2.75, 3.05) is 0 Å². The molecule has 0 aliphatic heterocycles. The Hall–Kier alpha value is -2.68. The van der Waals surface area contributed by atoms with Gasteiger partial charge in [-0.3, -0.25) is 0 Å². The fourth-order valence-electron chi connectivity index (χ4n) is 2.73. The lowest BCUT2D eigenvalue weighted by molar-refractivity contribution is 0.508. The Labute approximate surface area is 121 Å². The smallest absolute Gasteiger partial charge is 0.137 e. The molecule has 2 aromatic heterocycles. The van der Waals surface area contributed by atoms with Crippen molar-refractivity contribution in [1.29, 1.82) is 5.26 Å². The van der Waals surface area contributed by atoms with Gasteiger partial charge in [0.05, 0.1) is 22.7 Å². The van der Waals surface area contributed by atoms with E-state index in [0.717, 1.165) is 16.9 Å². The van der Waals surface area contributed by atoms with Gasteiger partial charge >= 0.3 is 0 Å². The van der Waals surface area contributed by atoms with Gasteiger partial charge in [-0.25, -0.2) is 14.6 Å². The molecule has 6 nitrogen and oxygen atoms in total. The molecule has 1 fully saturated rings. The summed E-state index contributed by atoms with van der Waals surface area (Å²) < 4.78 is 4.11. The van der Waals surface area contributed by atoms with Crippen LogP contribution in [0.5, 0.6) is 0 Å². The van der Waals surface area contributed by atoms with Crippen molar-refractivity contribution in [3.8, 4) is 6.07 Å². The summed E-state index contributed by atoms with van der Waals surface area (Å²) in [4.78, 5) is 8.77. The van der Waals surface area contributed by atoms with Crippen LogP contribution in [0.3, 0.4) is 0 Å². The van der Waals surface area contributed by atoms with Crippen molar-refractivity contribution in [1.82, 2.24) is 24.3 Å². The maximum Gasteiger partial charge on any atom is 0.137 e. The molecule has 1 aromatic carbocycles. The van der Waals surface area contributed by atoms with E-state index in [9.17, 15) is 0 Å². The van der Waals surface area contributed by atoms with E-state index in [-0.39, 0.29) is 6.04 Å². The van der Waals surface area contributed by atoms with Gasteiger partial charge in [0, 0.05) is 6.04 Å². The third-order valence-corrected chi connectivity index (χ3v) is 3.96. The molecule has 1 aliphatic carbocycles. The van der Waals surface area contributed by atoms with Crippen molar-refractivity contribution >= 4 is 11.0 Å². The first-order chi connectivity index (χ1) is 10.3. The van der Waals surface area contributed by atoms with E-state index >= 15 is 0 Å². The van der Waals surface area contributed by atoms with Crippen LogP contribution < -0.4 is 0 Å². The van der Waals surface area contributed by atoms with Crippen molar-refractivity contribution in [3.63, 3.8) is 0 Å². The molecule has 0 N–H and O–H groups in total. The first-order valence-electron chi connectivity index (χ1n) is 7.04. The highest BCUT2D eigenvalue weighted by molar-refractivity contribution is 5.78. The topological polar surface area (TPSA) is 72.3 Å². The monoisotopic (exact) mass is 278 g/mol. The Morgan fingerprint density at radius 3 is 2.90 bits per heavy atom. The molecule has 4 rings (SSSR count). The first kappa shape index (κ1) is 12.1. The summed E-state index contributed by atoms with van der Waals surface area (Å²) in [6, 6.07) is 8.41.